The highest BCUT2D eigenvalue weighted by molar-refractivity contribution is 4.81. The Morgan fingerprint density at radius 2 is 2.00 bits per heavy atom. The van der Waals surface area contributed by atoms with E-state index in [0.29, 0.717) is 0 Å². The van der Waals surface area contributed by atoms with E-state index in [9.17, 15) is 0 Å². The van der Waals surface area contributed by atoms with Crippen LogP contribution in [0.25, 0.3) is 0 Å². The molecule has 1 nitrogen and oxygen atoms in total. The van der Waals surface area contributed by atoms with Crippen molar-refractivity contribution in [2.45, 2.75) is 46.1 Å². The Morgan fingerprint density at radius 3 is 2.42 bits per heavy atom. The molecule has 0 aromatic rings. The number of likely N-dealkylation sites (tertiary alicyclic amines) is 1. The molecule has 0 spiro atoms. The molecule has 0 aliphatic carbocycles. The summed E-state index contributed by atoms with van der Waals surface area (Å²) in [4.78, 5) is 2.53. The van der Waals surface area contributed by atoms with Gasteiger partial charge < -0.3 is 4.90 Å². The van der Waals surface area contributed by atoms with E-state index < -0.39 is 0 Å². The third-order valence-corrected chi connectivity index (χ3v) is 3.08. The Morgan fingerprint density at radius 1 is 1.33 bits per heavy atom. The van der Waals surface area contributed by atoms with Crippen molar-refractivity contribution in [2.24, 2.45) is 11.8 Å². The first-order valence-corrected chi connectivity index (χ1v) is 5.31. The summed E-state index contributed by atoms with van der Waals surface area (Å²) in [6.45, 7) is 8.37. The van der Waals surface area contributed by atoms with Crippen molar-refractivity contribution in [1.82, 2.24) is 4.90 Å². The fourth-order valence-electron chi connectivity index (χ4n) is 2.56. The highest BCUT2D eigenvalue weighted by atomic mass is 15.1. The van der Waals surface area contributed by atoms with Crippen molar-refractivity contribution < 1.29 is 0 Å². The minimum atomic E-state index is 0.856. The van der Waals surface area contributed by atoms with E-state index in [1.54, 1.807) is 0 Å². The third-order valence-electron chi connectivity index (χ3n) is 3.08. The molecular formula is C11H23N. The van der Waals surface area contributed by atoms with Crippen LogP contribution in [0.5, 0.6) is 0 Å². The molecule has 1 heteroatoms. The first-order chi connectivity index (χ1) is 5.61. The van der Waals surface area contributed by atoms with Crippen LogP contribution in [-0.2, 0) is 0 Å². The van der Waals surface area contributed by atoms with Gasteiger partial charge in [-0.1, -0.05) is 20.8 Å². The van der Waals surface area contributed by atoms with Gasteiger partial charge >= 0.3 is 0 Å². The highest BCUT2D eigenvalue weighted by Crippen LogP contribution is 2.26. The average Bonchev–Trinajstić information content (AvgIpc) is 2.33. The minimum absolute atomic E-state index is 0.856. The summed E-state index contributed by atoms with van der Waals surface area (Å²) in [5, 5.41) is 0. The van der Waals surface area contributed by atoms with Crippen molar-refractivity contribution in [3.05, 3.63) is 0 Å². The largest absolute Gasteiger partial charge is 0.303 e. The van der Waals surface area contributed by atoms with E-state index in [1.165, 1.54) is 25.8 Å². The van der Waals surface area contributed by atoms with Crippen molar-refractivity contribution in [3.8, 4) is 0 Å². The smallest absolute Gasteiger partial charge is 0.0118 e. The summed E-state index contributed by atoms with van der Waals surface area (Å²) in [5.41, 5.74) is 0. The number of hydrogen-bond donors (Lipinski definition) is 0. The fourth-order valence-corrected chi connectivity index (χ4v) is 2.56. The summed E-state index contributed by atoms with van der Waals surface area (Å²) >= 11 is 0. The Hall–Kier alpha value is -0.0400. The molecule has 1 fully saturated rings. The zero-order valence-corrected chi connectivity index (χ0v) is 9.01. The van der Waals surface area contributed by atoms with Crippen LogP contribution in [0, 0.1) is 11.8 Å². The van der Waals surface area contributed by atoms with Crippen LogP contribution in [0.2, 0.25) is 0 Å². The van der Waals surface area contributed by atoms with E-state index in [4.69, 9.17) is 0 Å². The Labute approximate surface area is 77.1 Å². The lowest BCUT2D eigenvalue weighted by Gasteiger charge is -2.27. The van der Waals surface area contributed by atoms with Crippen LogP contribution in [0.1, 0.15) is 40.0 Å². The second kappa shape index (κ2) is 4.27. The predicted octanol–water partition coefficient (Wildman–Crippen LogP) is 2.76. The van der Waals surface area contributed by atoms with Gasteiger partial charge in [-0.3, -0.25) is 0 Å². The molecule has 0 aromatic carbocycles. The highest BCUT2D eigenvalue weighted by Gasteiger charge is 2.26. The molecule has 12 heavy (non-hydrogen) atoms. The molecule has 0 N–H and O–H groups in total. The van der Waals surface area contributed by atoms with Crippen LogP contribution < -0.4 is 0 Å². The van der Waals surface area contributed by atoms with E-state index in [2.05, 4.69) is 32.7 Å². The Balaban J connectivity index is 2.35. The monoisotopic (exact) mass is 169 g/mol. The third kappa shape index (κ3) is 2.48. The lowest BCUT2D eigenvalue weighted by Crippen LogP contribution is -2.31. The van der Waals surface area contributed by atoms with Gasteiger partial charge in [0.2, 0.25) is 0 Å². The molecular weight excluding hydrogens is 146 g/mol. The number of nitrogens with zero attached hydrogens (tertiary/aromatic N) is 1. The standard InChI is InChI=1S/C11H23N/c1-9(2)8-10(3)11-6-5-7-12(11)4/h9-11H,5-8H2,1-4H3. The van der Waals surface area contributed by atoms with Crippen molar-refractivity contribution in [2.75, 3.05) is 13.6 Å². The summed E-state index contributed by atoms with van der Waals surface area (Å²) < 4.78 is 0. The van der Waals surface area contributed by atoms with E-state index in [-0.39, 0.29) is 0 Å². The van der Waals surface area contributed by atoms with Gasteiger partial charge in [-0.05, 0) is 44.7 Å². The Kier molecular flexibility index (Phi) is 3.57. The van der Waals surface area contributed by atoms with Crippen molar-refractivity contribution in [3.63, 3.8) is 0 Å². The van der Waals surface area contributed by atoms with E-state index in [0.717, 1.165) is 17.9 Å². The molecule has 0 saturated carbocycles. The molecule has 0 amide bonds. The van der Waals surface area contributed by atoms with Crippen LogP contribution in [0.3, 0.4) is 0 Å². The van der Waals surface area contributed by atoms with Crippen LogP contribution in [-0.4, -0.2) is 24.5 Å². The zero-order chi connectivity index (χ0) is 9.14. The van der Waals surface area contributed by atoms with E-state index in [1.807, 2.05) is 0 Å². The van der Waals surface area contributed by atoms with E-state index >= 15 is 0 Å². The summed E-state index contributed by atoms with van der Waals surface area (Å²) in [7, 11) is 2.27. The van der Waals surface area contributed by atoms with Crippen molar-refractivity contribution >= 4 is 0 Å². The number of hydrogen-bond acceptors (Lipinski definition) is 1. The minimum Gasteiger partial charge on any atom is -0.303 e. The van der Waals surface area contributed by atoms with Gasteiger partial charge in [0.15, 0.2) is 0 Å². The Bertz CT molecular complexity index is 131. The number of rotatable bonds is 3. The van der Waals surface area contributed by atoms with Crippen molar-refractivity contribution in [1.29, 1.82) is 0 Å². The maximum Gasteiger partial charge on any atom is 0.0118 e. The molecule has 72 valence electrons. The van der Waals surface area contributed by atoms with Gasteiger partial charge in [0, 0.05) is 6.04 Å². The lowest BCUT2D eigenvalue weighted by atomic mass is 9.91. The quantitative estimate of drug-likeness (QED) is 0.628. The molecule has 1 saturated heterocycles. The zero-order valence-electron chi connectivity index (χ0n) is 9.01. The van der Waals surface area contributed by atoms with Crippen LogP contribution in [0.15, 0.2) is 0 Å². The van der Waals surface area contributed by atoms with Crippen LogP contribution in [0.4, 0.5) is 0 Å². The summed E-state index contributed by atoms with van der Waals surface area (Å²) in [6, 6.07) is 0.868. The molecule has 1 aliphatic rings. The molecule has 1 rings (SSSR count). The summed E-state index contributed by atoms with van der Waals surface area (Å²) in [5.74, 6) is 1.74. The molecule has 2 unspecified atom stereocenters. The lowest BCUT2D eigenvalue weighted by molar-refractivity contribution is 0.216. The first-order valence-electron chi connectivity index (χ1n) is 5.31. The topological polar surface area (TPSA) is 3.24 Å². The fraction of sp³-hybridized carbons (Fsp3) is 1.00. The molecule has 0 bridgehead atoms. The SMILES string of the molecule is CC(C)CC(C)C1CCCN1C. The van der Waals surface area contributed by atoms with Gasteiger partial charge in [-0.15, -0.1) is 0 Å². The van der Waals surface area contributed by atoms with Gasteiger partial charge in [-0.25, -0.2) is 0 Å². The second-order valence-electron chi connectivity index (χ2n) is 4.80. The van der Waals surface area contributed by atoms with Gasteiger partial charge in [0.25, 0.3) is 0 Å². The molecule has 0 aromatic heterocycles. The second-order valence-corrected chi connectivity index (χ2v) is 4.80. The average molecular weight is 169 g/mol. The molecule has 2 atom stereocenters. The van der Waals surface area contributed by atoms with Crippen LogP contribution >= 0.6 is 0 Å². The maximum atomic E-state index is 2.53. The molecule has 0 radical (unpaired) electrons. The van der Waals surface area contributed by atoms with Gasteiger partial charge in [0.05, 0.1) is 0 Å². The predicted molar refractivity (Wildman–Crippen MR) is 54.3 cm³/mol. The molecule has 1 aliphatic heterocycles. The summed E-state index contributed by atoms with van der Waals surface area (Å²) in [6.07, 6.45) is 4.21. The van der Waals surface area contributed by atoms with Gasteiger partial charge in [0.1, 0.15) is 0 Å². The van der Waals surface area contributed by atoms with Gasteiger partial charge in [-0.2, -0.15) is 0 Å². The molecule has 1 heterocycles. The first kappa shape index (κ1) is 10.0. The normalized spacial score (nSPS) is 28.2. The maximum absolute atomic E-state index is 2.53.